The Kier molecular flexibility index (Phi) is 12.8. The van der Waals surface area contributed by atoms with Crippen LogP contribution in [0.15, 0.2) is 11.8 Å². The van der Waals surface area contributed by atoms with Gasteiger partial charge in [0.25, 0.3) is 0 Å². The molecule has 0 saturated heterocycles. The molecule has 0 atom stereocenters. The van der Waals surface area contributed by atoms with E-state index in [1.807, 2.05) is 13.8 Å². The molecule has 2 nitrogen and oxygen atoms in total. The number of unbranched alkanes of at least 4 members (excludes halogenated alkanes) is 4. The molecule has 96 valence electrons. The zero-order valence-corrected chi connectivity index (χ0v) is 12.6. The molecule has 0 bridgehead atoms. The van der Waals surface area contributed by atoms with Gasteiger partial charge in [-0.05, 0) is 26.7 Å². The highest BCUT2D eigenvalue weighted by atomic mass is 28.2. The van der Waals surface area contributed by atoms with Gasteiger partial charge in [-0.15, -0.1) is 0 Å². The third kappa shape index (κ3) is 10.4. The number of rotatable bonds is 11. The van der Waals surface area contributed by atoms with Crippen LogP contribution in [-0.4, -0.2) is 28.6 Å². The van der Waals surface area contributed by atoms with Crippen molar-refractivity contribution in [2.75, 3.05) is 13.2 Å². The minimum Gasteiger partial charge on any atom is -0.357 e. The minimum atomic E-state index is -0.361. The van der Waals surface area contributed by atoms with Gasteiger partial charge in [0.05, 0.1) is 0 Å². The summed E-state index contributed by atoms with van der Waals surface area (Å²) in [6.07, 6.45) is 8.90. The number of allylic oxidation sites excluding steroid dienone is 1. The van der Waals surface area contributed by atoms with E-state index in [0.29, 0.717) is 0 Å². The maximum atomic E-state index is 5.52. The molecule has 0 aliphatic heterocycles. The first-order valence-corrected chi connectivity index (χ1v) is 8.36. The summed E-state index contributed by atoms with van der Waals surface area (Å²) in [5, 5.41) is 0. The molecule has 0 radical (unpaired) electrons. The SMILES string of the molecule is CCCCCCC=C[SiH2]C(OCC)OCC. The number of ether oxygens (including phenoxy) is 2. The fourth-order valence-corrected chi connectivity index (χ4v) is 2.96. The summed E-state index contributed by atoms with van der Waals surface area (Å²) in [6.45, 7) is 7.80. The Hall–Kier alpha value is -0.123. The van der Waals surface area contributed by atoms with Crippen LogP contribution in [0.25, 0.3) is 0 Å². The van der Waals surface area contributed by atoms with Gasteiger partial charge in [-0.3, -0.25) is 0 Å². The van der Waals surface area contributed by atoms with E-state index in [1.165, 1.54) is 32.1 Å². The van der Waals surface area contributed by atoms with E-state index in [0.717, 1.165) is 13.2 Å². The first-order chi connectivity index (χ1) is 7.85. The van der Waals surface area contributed by atoms with Gasteiger partial charge >= 0.3 is 0 Å². The van der Waals surface area contributed by atoms with Crippen molar-refractivity contribution in [3.63, 3.8) is 0 Å². The summed E-state index contributed by atoms with van der Waals surface area (Å²) in [5.74, 6) is 0.0851. The molecule has 16 heavy (non-hydrogen) atoms. The van der Waals surface area contributed by atoms with Crippen molar-refractivity contribution in [1.82, 2.24) is 0 Å². The van der Waals surface area contributed by atoms with Crippen LogP contribution in [0.3, 0.4) is 0 Å². The molecule has 0 spiro atoms. The van der Waals surface area contributed by atoms with E-state index in [1.54, 1.807) is 0 Å². The van der Waals surface area contributed by atoms with Crippen molar-refractivity contribution in [3.05, 3.63) is 11.8 Å². The summed E-state index contributed by atoms with van der Waals surface area (Å²) in [7, 11) is -0.361. The second-order valence-corrected chi connectivity index (χ2v) is 5.51. The lowest BCUT2D eigenvalue weighted by Crippen LogP contribution is -2.23. The average Bonchev–Trinajstić information content (AvgIpc) is 2.28. The molecule has 0 aromatic carbocycles. The van der Waals surface area contributed by atoms with Gasteiger partial charge in [-0.25, -0.2) is 0 Å². The second kappa shape index (κ2) is 12.9. The molecule has 0 heterocycles. The summed E-state index contributed by atoms with van der Waals surface area (Å²) < 4.78 is 11.0. The fraction of sp³-hybridized carbons (Fsp3) is 0.846. The van der Waals surface area contributed by atoms with Crippen LogP contribution in [0, 0.1) is 0 Å². The van der Waals surface area contributed by atoms with Crippen molar-refractivity contribution in [2.24, 2.45) is 0 Å². The van der Waals surface area contributed by atoms with Gasteiger partial charge < -0.3 is 9.47 Å². The molecule has 0 aliphatic rings. The lowest BCUT2D eigenvalue weighted by atomic mass is 10.2. The molecule has 0 aliphatic carbocycles. The quantitative estimate of drug-likeness (QED) is 0.316. The molecule has 0 N–H and O–H groups in total. The Labute approximate surface area is 103 Å². The van der Waals surface area contributed by atoms with Crippen LogP contribution in [0.5, 0.6) is 0 Å². The monoisotopic (exact) mass is 244 g/mol. The van der Waals surface area contributed by atoms with Crippen molar-refractivity contribution in [2.45, 2.75) is 58.8 Å². The first kappa shape index (κ1) is 15.9. The standard InChI is InChI=1S/C13H28O2Si/c1-4-7-8-9-10-11-12-16-13(14-5-2)15-6-3/h11-13H,4-10,16H2,1-3H3. The highest BCUT2D eigenvalue weighted by molar-refractivity contribution is 6.43. The third-order valence-electron chi connectivity index (χ3n) is 2.42. The van der Waals surface area contributed by atoms with Gasteiger partial charge in [0.15, 0.2) is 0 Å². The molecular formula is C13H28O2Si. The van der Waals surface area contributed by atoms with Crippen LogP contribution in [-0.2, 0) is 9.47 Å². The third-order valence-corrected chi connectivity index (χ3v) is 3.89. The molecule has 0 aromatic heterocycles. The predicted octanol–water partition coefficient (Wildman–Crippen LogP) is 3.00. The summed E-state index contributed by atoms with van der Waals surface area (Å²) in [5.41, 5.74) is 2.32. The van der Waals surface area contributed by atoms with Crippen molar-refractivity contribution < 1.29 is 9.47 Å². The normalized spacial score (nSPS) is 12.5. The summed E-state index contributed by atoms with van der Waals surface area (Å²) >= 11 is 0. The molecule has 0 aromatic rings. The predicted molar refractivity (Wildman–Crippen MR) is 73.5 cm³/mol. The molecule has 0 rings (SSSR count). The highest BCUT2D eigenvalue weighted by Gasteiger charge is 2.04. The smallest absolute Gasteiger partial charge is 0.139 e. The van der Waals surface area contributed by atoms with Gasteiger partial charge in [0, 0.05) is 13.2 Å². The van der Waals surface area contributed by atoms with Gasteiger partial charge in [-0.1, -0.05) is 38.0 Å². The maximum Gasteiger partial charge on any atom is 0.139 e. The lowest BCUT2D eigenvalue weighted by Gasteiger charge is -2.14. The molecule has 0 amide bonds. The number of hydrogen-bond acceptors (Lipinski definition) is 2. The van der Waals surface area contributed by atoms with E-state index >= 15 is 0 Å². The highest BCUT2D eigenvalue weighted by Crippen LogP contribution is 2.03. The Morgan fingerprint density at radius 2 is 1.69 bits per heavy atom. The summed E-state index contributed by atoms with van der Waals surface area (Å²) in [6, 6.07) is 0. The van der Waals surface area contributed by atoms with Gasteiger partial charge in [0.2, 0.25) is 0 Å². The second-order valence-electron chi connectivity index (χ2n) is 3.90. The molecular weight excluding hydrogens is 216 g/mol. The van der Waals surface area contributed by atoms with Gasteiger partial charge in [0.1, 0.15) is 15.4 Å². The number of hydrogen-bond donors (Lipinski definition) is 0. The van der Waals surface area contributed by atoms with Crippen molar-refractivity contribution in [3.8, 4) is 0 Å². The Morgan fingerprint density at radius 1 is 1.00 bits per heavy atom. The molecule has 0 unspecified atom stereocenters. The minimum absolute atomic E-state index is 0.0851. The Morgan fingerprint density at radius 3 is 2.25 bits per heavy atom. The van der Waals surface area contributed by atoms with Crippen LogP contribution in [0.2, 0.25) is 0 Å². The zero-order valence-electron chi connectivity index (χ0n) is 11.2. The molecule has 3 heteroatoms. The van der Waals surface area contributed by atoms with Crippen LogP contribution >= 0.6 is 0 Å². The zero-order chi connectivity index (χ0) is 12.1. The van der Waals surface area contributed by atoms with E-state index in [2.05, 4.69) is 18.7 Å². The van der Waals surface area contributed by atoms with E-state index in [9.17, 15) is 0 Å². The first-order valence-electron chi connectivity index (χ1n) is 6.73. The fourth-order valence-electron chi connectivity index (χ4n) is 1.57. The van der Waals surface area contributed by atoms with Crippen molar-refractivity contribution >= 4 is 9.52 Å². The molecule has 0 fully saturated rings. The topological polar surface area (TPSA) is 18.5 Å². The van der Waals surface area contributed by atoms with E-state index < -0.39 is 0 Å². The van der Waals surface area contributed by atoms with Crippen LogP contribution in [0.4, 0.5) is 0 Å². The maximum absolute atomic E-state index is 5.52. The Balaban J connectivity index is 3.46. The van der Waals surface area contributed by atoms with Crippen LogP contribution < -0.4 is 0 Å². The van der Waals surface area contributed by atoms with Gasteiger partial charge in [-0.2, -0.15) is 0 Å². The average molecular weight is 244 g/mol. The van der Waals surface area contributed by atoms with E-state index in [4.69, 9.17) is 9.47 Å². The Bertz CT molecular complexity index is 154. The van der Waals surface area contributed by atoms with E-state index in [-0.39, 0.29) is 15.4 Å². The van der Waals surface area contributed by atoms with Crippen LogP contribution in [0.1, 0.15) is 52.9 Å². The lowest BCUT2D eigenvalue weighted by molar-refractivity contribution is -0.0818. The largest absolute Gasteiger partial charge is 0.357 e. The molecule has 0 saturated carbocycles. The summed E-state index contributed by atoms with van der Waals surface area (Å²) in [4.78, 5) is 0. The van der Waals surface area contributed by atoms with Crippen molar-refractivity contribution in [1.29, 1.82) is 0 Å².